The van der Waals surface area contributed by atoms with Gasteiger partial charge in [-0.3, -0.25) is 4.79 Å². The summed E-state index contributed by atoms with van der Waals surface area (Å²) < 4.78 is 26.7. The maximum Gasteiger partial charge on any atom is 0.266 e. The summed E-state index contributed by atoms with van der Waals surface area (Å²) >= 11 is 1.35. The van der Waals surface area contributed by atoms with Crippen molar-refractivity contribution in [3.8, 4) is 0 Å². The summed E-state index contributed by atoms with van der Waals surface area (Å²) in [5.41, 5.74) is 2.77. The van der Waals surface area contributed by atoms with Crippen molar-refractivity contribution in [1.82, 2.24) is 14.7 Å². The van der Waals surface area contributed by atoms with Crippen LogP contribution in [0.25, 0.3) is 10.2 Å². The number of benzene rings is 1. The first-order valence-electron chi connectivity index (χ1n) is 9.34. The lowest BCUT2D eigenvalue weighted by molar-refractivity contribution is 0.103. The molecule has 0 aliphatic heterocycles. The summed E-state index contributed by atoms with van der Waals surface area (Å²) in [6, 6.07) is 4.84. The van der Waals surface area contributed by atoms with Gasteiger partial charge in [-0.2, -0.15) is 0 Å². The van der Waals surface area contributed by atoms with Crippen LogP contribution in [0.5, 0.6) is 0 Å². The molecule has 4 rings (SSSR count). The summed E-state index contributed by atoms with van der Waals surface area (Å²) in [6.07, 6.45) is 2.24. The third kappa shape index (κ3) is 3.65. The van der Waals surface area contributed by atoms with Gasteiger partial charge in [-0.1, -0.05) is 6.07 Å². The van der Waals surface area contributed by atoms with Gasteiger partial charge in [0, 0.05) is 17.0 Å². The summed E-state index contributed by atoms with van der Waals surface area (Å²) in [5, 5.41) is 3.75. The number of sulfonamides is 1. The third-order valence-electron chi connectivity index (χ3n) is 5.14. The molecule has 0 spiro atoms. The van der Waals surface area contributed by atoms with Crippen LogP contribution in [0, 0.1) is 20.8 Å². The van der Waals surface area contributed by atoms with E-state index in [1.165, 1.54) is 24.5 Å². The first-order chi connectivity index (χ1) is 13.7. The van der Waals surface area contributed by atoms with E-state index in [4.69, 9.17) is 0 Å². The molecule has 152 valence electrons. The van der Waals surface area contributed by atoms with Crippen molar-refractivity contribution < 1.29 is 13.2 Å². The van der Waals surface area contributed by atoms with Gasteiger partial charge in [0.15, 0.2) is 0 Å². The number of nitrogens with zero attached hydrogens (tertiary/aromatic N) is 2. The van der Waals surface area contributed by atoms with E-state index in [1.807, 2.05) is 13.8 Å². The first-order valence-corrected chi connectivity index (χ1v) is 11.6. The molecule has 2 heterocycles. The molecule has 3 aromatic rings. The molecule has 2 aromatic heterocycles. The zero-order valence-corrected chi connectivity index (χ0v) is 18.3. The summed E-state index contributed by atoms with van der Waals surface area (Å²) in [7, 11) is -2.25. The number of hydrogen-bond donors (Lipinski definition) is 2. The van der Waals surface area contributed by atoms with E-state index < -0.39 is 10.0 Å². The zero-order chi connectivity index (χ0) is 20.9. The van der Waals surface area contributed by atoms with Crippen LogP contribution in [0.3, 0.4) is 0 Å². The van der Waals surface area contributed by atoms with Crippen molar-refractivity contribution in [2.45, 2.75) is 44.4 Å². The van der Waals surface area contributed by atoms with Crippen molar-refractivity contribution in [3.63, 3.8) is 0 Å². The molecule has 0 bridgehead atoms. The highest BCUT2D eigenvalue weighted by molar-refractivity contribution is 7.89. The highest BCUT2D eigenvalue weighted by Crippen LogP contribution is 2.40. The van der Waals surface area contributed by atoms with Gasteiger partial charge in [0.2, 0.25) is 10.0 Å². The number of hydrogen-bond acceptors (Lipinski definition) is 6. The Labute approximate surface area is 173 Å². The van der Waals surface area contributed by atoms with Crippen LogP contribution in [0.15, 0.2) is 23.1 Å². The maximum absolute atomic E-state index is 12.9. The minimum absolute atomic E-state index is 0.140. The fourth-order valence-corrected chi connectivity index (χ4v) is 5.49. The Balaban J connectivity index is 1.69. The van der Waals surface area contributed by atoms with Gasteiger partial charge in [-0.25, -0.2) is 23.1 Å². The molecule has 0 radical (unpaired) electrons. The number of carbonyl (C=O) groups excluding carboxylic acids is 1. The number of anilines is 1. The number of aromatic nitrogens is 2. The van der Waals surface area contributed by atoms with Crippen molar-refractivity contribution in [2.24, 2.45) is 0 Å². The minimum Gasteiger partial charge on any atom is -0.321 e. The second-order valence-electron chi connectivity index (χ2n) is 7.32. The monoisotopic (exact) mass is 430 g/mol. The molecular weight excluding hydrogens is 408 g/mol. The standard InChI is InChI=1S/C20H22N4O3S2/c1-10-5-8-14(9-15(10)29(26,27)21-4)23-19(25)17-11(2)16-12(3)22-18(13-6-7-13)24-20(16)28-17/h5,8-9,13,21H,6-7H2,1-4H3,(H,23,25). The summed E-state index contributed by atoms with van der Waals surface area (Å²) in [5.74, 6) is 1.02. The number of aryl methyl sites for hydroxylation is 3. The molecule has 1 amide bonds. The molecule has 9 heteroatoms. The highest BCUT2D eigenvalue weighted by Gasteiger charge is 2.28. The number of amides is 1. The number of nitrogens with one attached hydrogen (secondary N) is 2. The number of thiophene rings is 1. The molecule has 2 N–H and O–H groups in total. The van der Waals surface area contributed by atoms with E-state index in [2.05, 4.69) is 20.0 Å². The average Bonchev–Trinajstić information content (AvgIpc) is 3.47. The van der Waals surface area contributed by atoms with E-state index >= 15 is 0 Å². The van der Waals surface area contributed by atoms with Gasteiger partial charge < -0.3 is 5.32 Å². The first kappa shape index (κ1) is 19.9. The SMILES string of the molecule is CNS(=O)(=O)c1cc(NC(=O)c2sc3nc(C4CC4)nc(C)c3c2C)ccc1C. The number of fused-ring (bicyclic) bond motifs is 1. The lowest BCUT2D eigenvalue weighted by atomic mass is 10.1. The second-order valence-corrected chi connectivity index (χ2v) is 10.2. The number of carbonyl (C=O) groups is 1. The smallest absolute Gasteiger partial charge is 0.266 e. The van der Waals surface area contributed by atoms with Crippen LogP contribution >= 0.6 is 11.3 Å². The van der Waals surface area contributed by atoms with Crippen LogP contribution in [-0.2, 0) is 10.0 Å². The van der Waals surface area contributed by atoms with Crippen LogP contribution in [0.2, 0.25) is 0 Å². The van der Waals surface area contributed by atoms with Crippen molar-refractivity contribution in [2.75, 3.05) is 12.4 Å². The Bertz CT molecular complexity index is 1240. The highest BCUT2D eigenvalue weighted by atomic mass is 32.2. The van der Waals surface area contributed by atoms with Crippen LogP contribution in [0.4, 0.5) is 5.69 Å². The molecule has 0 atom stereocenters. The lowest BCUT2D eigenvalue weighted by Gasteiger charge is -2.10. The van der Waals surface area contributed by atoms with Crippen molar-refractivity contribution in [1.29, 1.82) is 0 Å². The van der Waals surface area contributed by atoms with Crippen LogP contribution in [0.1, 0.15) is 51.1 Å². The van der Waals surface area contributed by atoms with Gasteiger partial charge in [-0.05, 0) is 63.9 Å². The Morgan fingerprint density at radius 2 is 1.90 bits per heavy atom. The van der Waals surface area contributed by atoms with Gasteiger partial charge >= 0.3 is 0 Å². The summed E-state index contributed by atoms with van der Waals surface area (Å²) in [4.78, 5) is 23.8. The van der Waals surface area contributed by atoms with E-state index in [-0.39, 0.29) is 10.8 Å². The summed E-state index contributed by atoms with van der Waals surface area (Å²) in [6.45, 7) is 5.56. The van der Waals surface area contributed by atoms with Gasteiger partial charge in [-0.15, -0.1) is 11.3 Å². The predicted octanol–water partition coefficient (Wildman–Crippen LogP) is 3.65. The molecule has 0 saturated heterocycles. The fourth-order valence-electron chi connectivity index (χ4n) is 3.37. The van der Waals surface area contributed by atoms with E-state index in [9.17, 15) is 13.2 Å². The zero-order valence-electron chi connectivity index (χ0n) is 16.7. The molecule has 1 fully saturated rings. The van der Waals surface area contributed by atoms with Gasteiger partial charge in [0.1, 0.15) is 10.7 Å². The third-order valence-corrected chi connectivity index (χ3v) is 7.88. The van der Waals surface area contributed by atoms with Crippen molar-refractivity contribution >= 4 is 43.2 Å². The van der Waals surface area contributed by atoms with Crippen LogP contribution < -0.4 is 10.0 Å². The number of rotatable bonds is 5. The molecule has 7 nitrogen and oxygen atoms in total. The van der Waals surface area contributed by atoms with Gasteiger partial charge in [0.05, 0.1) is 15.5 Å². The largest absolute Gasteiger partial charge is 0.321 e. The topological polar surface area (TPSA) is 101 Å². The molecule has 1 aliphatic carbocycles. The van der Waals surface area contributed by atoms with Crippen LogP contribution in [-0.4, -0.2) is 31.3 Å². The average molecular weight is 431 g/mol. The molecular formula is C20H22N4O3S2. The Morgan fingerprint density at radius 3 is 2.55 bits per heavy atom. The second kappa shape index (κ2) is 7.16. The lowest BCUT2D eigenvalue weighted by Crippen LogP contribution is -2.20. The van der Waals surface area contributed by atoms with Gasteiger partial charge in [0.25, 0.3) is 5.91 Å². The normalized spacial score (nSPS) is 14.3. The molecule has 29 heavy (non-hydrogen) atoms. The Morgan fingerprint density at radius 1 is 1.17 bits per heavy atom. The Hall–Kier alpha value is -2.36. The molecule has 1 aliphatic rings. The Kier molecular flexibility index (Phi) is 4.92. The fraction of sp³-hybridized carbons (Fsp3) is 0.350. The van der Waals surface area contributed by atoms with E-state index in [0.717, 1.165) is 40.1 Å². The quantitative estimate of drug-likeness (QED) is 0.643. The maximum atomic E-state index is 12.9. The molecule has 0 unspecified atom stereocenters. The van der Waals surface area contributed by atoms with E-state index in [0.29, 0.717) is 22.0 Å². The van der Waals surface area contributed by atoms with Crippen molar-refractivity contribution in [3.05, 3.63) is 45.7 Å². The molecule has 1 aromatic carbocycles. The van der Waals surface area contributed by atoms with E-state index in [1.54, 1.807) is 19.1 Å². The minimum atomic E-state index is -3.61. The predicted molar refractivity (Wildman–Crippen MR) is 114 cm³/mol. The molecule has 1 saturated carbocycles.